The Balaban J connectivity index is 2.75. The highest BCUT2D eigenvalue weighted by Crippen LogP contribution is 2.32. The highest BCUT2D eigenvalue weighted by molar-refractivity contribution is 5.91. The van der Waals surface area contributed by atoms with E-state index in [4.69, 9.17) is 0 Å². The highest BCUT2D eigenvalue weighted by atomic mass is 19.2. The summed E-state index contributed by atoms with van der Waals surface area (Å²) in [4.78, 5) is 11.2. The first-order valence-electron chi connectivity index (χ1n) is 5.58. The molecule has 0 aliphatic heterocycles. The number of benzene rings is 2. The molecule has 0 fully saturated rings. The van der Waals surface area contributed by atoms with Crippen LogP contribution >= 0.6 is 0 Å². The quantitative estimate of drug-likeness (QED) is 0.479. The Bertz CT molecular complexity index is 681. The molecule has 21 heavy (non-hydrogen) atoms. The van der Waals surface area contributed by atoms with E-state index in [0.717, 1.165) is 31.4 Å². The van der Waals surface area contributed by atoms with Crippen LogP contribution < -0.4 is 0 Å². The first-order valence-corrected chi connectivity index (χ1v) is 5.58. The molecule has 2 aromatic rings. The van der Waals surface area contributed by atoms with Crippen molar-refractivity contribution in [3.8, 4) is 11.1 Å². The lowest BCUT2D eigenvalue weighted by atomic mass is 10.0. The molecule has 110 valence electrons. The van der Waals surface area contributed by atoms with Crippen molar-refractivity contribution in [2.45, 2.75) is 0 Å². The number of rotatable bonds is 2. The molecule has 2 nitrogen and oxygen atoms in total. The molecule has 0 bridgehead atoms. The number of halogens is 5. The van der Waals surface area contributed by atoms with Gasteiger partial charge in [-0.3, -0.25) is 0 Å². The Morgan fingerprint density at radius 3 is 1.76 bits per heavy atom. The molecule has 0 saturated heterocycles. The van der Waals surface area contributed by atoms with E-state index in [0.29, 0.717) is 0 Å². The summed E-state index contributed by atoms with van der Waals surface area (Å²) in [6.45, 7) is 0. The smallest absolute Gasteiger partial charge is 0.344 e. The van der Waals surface area contributed by atoms with E-state index in [1.807, 2.05) is 0 Å². The fraction of sp³-hybridized carbons (Fsp3) is 0.0714. The Hall–Kier alpha value is -2.44. The lowest BCUT2D eigenvalue weighted by Crippen LogP contribution is -2.13. The molecule has 0 aromatic heterocycles. The minimum absolute atomic E-state index is 0.277. The van der Waals surface area contributed by atoms with E-state index < -0.39 is 46.2 Å². The van der Waals surface area contributed by atoms with E-state index >= 15 is 0 Å². The van der Waals surface area contributed by atoms with Gasteiger partial charge in [0.15, 0.2) is 23.3 Å². The summed E-state index contributed by atoms with van der Waals surface area (Å²) in [6.07, 6.45) is 0. The number of carbonyl (C=O) groups is 1. The average molecular weight is 302 g/mol. The molecule has 0 aliphatic carbocycles. The van der Waals surface area contributed by atoms with Gasteiger partial charge in [-0.15, -0.1) is 0 Å². The van der Waals surface area contributed by atoms with Crippen LogP contribution in [0.1, 0.15) is 10.4 Å². The summed E-state index contributed by atoms with van der Waals surface area (Å²) >= 11 is 0. The molecule has 0 unspecified atom stereocenters. The second-order valence-corrected chi connectivity index (χ2v) is 4.00. The van der Waals surface area contributed by atoms with Gasteiger partial charge in [0.1, 0.15) is 11.4 Å². The van der Waals surface area contributed by atoms with Gasteiger partial charge < -0.3 is 4.74 Å². The van der Waals surface area contributed by atoms with E-state index in [2.05, 4.69) is 4.74 Å². The van der Waals surface area contributed by atoms with Gasteiger partial charge in [-0.2, -0.15) is 0 Å². The summed E-state index contributed by atoms with van der Waals surface area (Å²) < 4.78 is 72.2. The number of hydrogen-bond donors (Lipinski definition) is 0. The number of methoxy groups -OCH3 is 1. The Labute approximate surface area is 115 Å². The lowest BCUT2D eigenvalue weighted by Gasteiger charge is -2.11. The van der Waals surface area contributed by atoms with Crippen LogP contribution in [0.4, 0.5) is 22.0 Å². The third-order valence-corrected chi connectivity index (χ3v) is 2.79. The fourth-order valence-corrected chi connectivity index (χ4v) is 1.78. The van der Waals surface area contributed by atoms with Crippen LogP contribution in [0.2, 0.25) is 0 Å². The number of ether oxygens (including phenoxy) is 1. The van der Waals surface area contributed by atoms with Gasteiger partial charge in [0, 0.05) is 0 Å². The zero-order valence-corrected chi connectivity index (χ0v) is 10.5. The van der Waals surface area contributed by atoms with Crippen LogP contribution in [-0.4, -0.2) is 13.1 Å². The summed E-state index contributed by atoms with van der Waals surface area (Å²) in [5.41, 5.74) is -2.77. The molecule has 7 heteroatoms. The van der Waals surface area contributed by atoms with Crippen molar-refractivity contribution in [2.75, 3.05) is 7.11 Å². The Morgan fingerprint density at radius 2 is 1.33 bits per heavy atom. The van der Waals surface area contributed by atoms with Crippen molar-refractivity contribution in [1.82, 2.24) is 0 Å². The molecular formula is C14H7F5O2. The second kappa shape index (κ2) is 5.51. The van der Waals surface area contributed by atoms with Crippen molar-refractivity contribution < 1.29 is 31.5 Å². The van der Waals surface area contributed by atoms with Gasteiger partial charge >= 0.3 is 5.97 Å². The van der Waals surface area contributed by atoms with Crippen molar-refractivity contribution in [1.29, 1.82) is 0 Å². The maximum Gasteiger partial charge on any atom is 0.344 e. The Kier molecular flexibility index (Phi) is 3.93. The minimum Gasteiger partial charge on any atom is -0.465 e. The normalized spacial score (nSPS) is 10.6. The SMILES string of the molecule is COC(=O)c1c(F)c(F)c(-c2ccc(F)cc2)c(F)c1F. The van der Waals surface area contributed by atoms with Crippen LogP contribution in [0.5, 0.6) is 0 Å². The van der Waals surface area contributed by atoms with Crippen LogP contribution in [0.25, 0.3) is 11.1 Å². The maximum absolute atomic E-state index is 13.9. The largest absolute Gasteiger partial charge is 0.465 e. The van der Waals surface area contributed by atoms with Crippen molar-refractivity contribution in [3.05, 3.63) is 58.9 Å². The molecule has 2 aromatic carbocycles. The summed E-state index contributed by atoms with van der Waals surface area (Å²) in [5, 5.41) is 0. The van der Waals surface area contributed by atoms with E-state index in [9.17, 15) is 26.7 Å². The number of hydrogen-bond acceptors (Lipinski definition) is 2. The van der Waals surface area contributed by atoms with E-state index in [1.54, 1.807) is 0 Å². The van der Waals surface area contributed by atoms with Gasteiger partial charge in [0.05, 0.1) is 12.7 Å². The minimum atomic E-state index is -1.87. The molecule has 0 N–H and O–H groups in total. The standard InChI is InChI=1S/C14H7F5O2/c1-21-14(20)9-12(18)10(16)8(11(17)13(9)19)6-2-4-7(15)5-3-6/h2-5H,1H3. The molecule has 0 spiro atoms. The van der Waals surface area contributed by atoms with Gasteiger partial charge in [-0.1, -0.05) is 12.1 Å². The average Bonchev–Trinajstić information content (AvgIpc) is 2.47. The molecule has 0 saturated carbocycles. The maximum atomic E-state index is 13.9. The molecule has 0 heterocycles. The van der Waals surface area contributed by atoms with Gasteiger partial charge in [-0.05, 0) is 17.7 Å². The Morgan fingerprint density at radius 1 is 0.857 bits per heavy atom. The lowest BCUT2D eigenvalue weighted by molar-refractivity contribution is 0.0587. The number of esters is 1. The summed E-state index contributed by atoms with van der Waals surface area (Å²) in [5.74, 6) is -9.51. The third kappa shape index (κ3) is 2.46. The van der Waals surface area contributed by atoms with E-state index in [1.165, 1.54) is 0 Å². The fourth-order valence-electron chi connectivity index (χ4n) is 1.78. The predicted molar refractivity (Wildman–Crippen MR) is 63.0 cm³/mol. The van der Waals surface area contributed by atoms with Crippen molar-refractivity contribution in [3.63, 3.8) is 0 Å². The zero-order chi connectivity index (χ0) is 15.7. The molecule has 2 rings (SSSR count). The third-order valence-electron chi connectivity index (χ3n) is 2.79. The summed E-state index contributed by atoms with van der Waals surface area (Å²) in [6, 6.07) is 3.65. The molecule has 0 amide bonds. The van der Waals surface area contributed by atoms with Gasteiger partial charge in [0.2, 0.25) is 0 Å². The molecule has 0 radical (unpaired) electrons. The number of carbonyl (C=O) groups excluding carboxylic acids is 1. The monoisotopic (exact) mass is 302 g/mol. The van der Waals surface area contributed by atoms with Gasteiger partial charge in [0.25, 0.3) is 0 Å². The van der Waals surface area contributed by atoms with E-state index in [-0.39, 0.29) is 5.56 Å². The van der Waals surface area contributed by atoms with Crippen molar-refractivity contribution >= 4 is 5.97 Å². The molecular weight excluding hydrogens is 295 g/mol. The predicted octanol–water partition coefficient (Wildman–Crippen LogP) is 3.84. The van der Waals surface area contributed by atoms with Crippen LogP contribution in [0.15, 0.2) is 24.3 Å². The van der Waals surface area contributed by atoms with Gasteiger partial charge in [-0.25, -0.2) is 26.7 Å². The van der Waals surface area contributed by atoms with Crippen molar-refractivity contribution in [2.24, 2.45) is 0 Å². The van der Waals surface area contributed by atoms with Crippen LogP contribution in [0.3, 0.4) is 0 Å². The first-order chi connectivity index (χ1) is 9.88. The second-order valence-electron chi connectivity index (χ2n) is 4.00. The summed E-state index contributed by atoms with van der Waals surface area (Å²) in [7, 11) is 0.810. The highest BCUT2D eigenvalue weighted by Gasteiger charge is 2.30. The van der Waals surface area contributed by atoms with Crippen LogP contribution in [-0.2, 0) is 4.74 Å². The molecule has 0 atom stereocenters. The topological polar surface area (TPSA) is 26.3 Å². The molecule has 0 aliphatic rings. The zero-order valence-electron chi connectivity index (χ0n) is 10.5. The first kappa shape index (κ1) is 15.0. The van der Waals surface area contributed by atoms with Crippen LogP contribution in [0, 0.1) is 29.1 Å².